The van der Waals surface area contributed by atoms with Crippen molar-refractivity contribution in [2.45, 2.75) is 156 Å². The van der Waals surface area contributed by atoms with Gasteiger partial charge in [-0.3, -0.25) is 0 Å². The van der Waals surface area contributed by atoms with Gasteiger partial charge in [0.2, 0.25) is 0 Å². The maximum absolute atomic E-state index is 4.34. The highest BCUT2D eigenvalue weighted by atomic mass is 14.2. The van der Waals surface area contributed by atoms with Crippen LogP contribution in [0.15, 0.2) is 12.2 Å². The molecule has 0 rings (SSSR count). The largest absolute Gasteiger partial charge is 0.0999 e. The van der Waals surface area contributed by atoms with Gasteiger partial charge in [0.1, 0.15) is 0 Å². The van der Waals surface area contributed by atoms with E-state index in [2.05, 4.69) is 27.4 Å². The molecule has 0 heterocycles. The Labute approximate surface area is 174 Å². The quantitative estimate of drug-likeness (QED) is 0.130. The molecule has 0 aliphatic carbocycles. The lowest BCUT2D eigenvalue weighted by atomic mass is 9.88. The summed E-state index contributed by atoms with van der Waals surface area (Å²) in [5, 5.41) is 0. The van der Waals surface area contributed by atoms with Crippen LogP contribution in [0.25, 0.3) is 0 Å². The molecule has 0 nitrogen and oxygen atoms in total. The number of rotatable bonds is 22. The number of allylic oxidation sites excluding steroid dienone is 1. The van der Waals surface area contributed by atoms with E-state index in [-0.39, 0.29) is 0 Å². The third kappa shape index (κ3) is 20.3. The van der Waals surface area contributed by atoms with Gasteiger partial charge in [-0.25, -0.2) is 0 Å². The van der Waals surface area contributed by atoms with Crippen LogP contribution >= 0.6 is 0 Å². The molecule has 0 amide bonds. The van der Waals surface area contributed by atoms with Crippen LogP contribution in [0.5, 0.6) is 0 Å². The molecule has 162 valence electrons. The van der Waals surface area contributed by atoms with Gasteiger partial charge in [-0.15, -0.1) is 0 Å². The van der Waals surface area contributed by atoms with Gasteiger partial charge < -0.3 is 0 Å². The number of hydrogen-bond donors (Lipinski definition) is 0. The van der Waals surface area contributed by atoms with Crippen molar-refractivity contribution in [2.24, 2.45) is 5.92 Å². The van der Waals surface area contributed by atoms with Crippen LogP contribution in [-0.4, -0.2) is 0 Å². The predicted molar refractivity (Wildman–Crippen MR) is 127 cm³/mol. The van der Waals surface area contributed by atoms with E-state index in [9.17, 15) is 0 Å². The van der Waals surface area contributed by atoms with Gasteiger partial charge >= 0.3 is 0 Å². The molecule has 0 heteroatoms. The first-order chi connectivity index (χ1) is 13.2. The predicted octanol–water partition coefficient (Wildman–Crippen LogP) is 10.4. The van der Waals surface area contributed by atoms with Crippen molar-refractivity contribution in [2.75, 3.05) is 0 Å². The van der Waals surface area contributed by atoms with Crippen LogP contribution in [-0.2, 0) is 0 Å². The first-order valence-electron chi connectivity index (χ1n) is 12.9. The normalized spacial score (nSPS) is 11.4. The Kier molecular flexibility index (Phi) is 21.8. The Morgan fingerprint density at radius 3 is 1.33 bits per heavy atom. The standard InChI is InChI=1S/C27H54/c1-5-8-11-13-15-17-19-22-27(25-24-26(4)21-10-7-3)23-20-18-16-14-12-9-6-2/h27H,4-25H2,1-3H3. The van der Waals surface area contributed by atoms with Gasteiger partial charge in [0.25, 0.3) is 0 Å². The second kappa shape index (κ2) is 22.0. The maximum atomic E-state index is 4.34. The van der Waals surface area contributed by atoms with Crippen LogP contribution in [0.3, 0.4) is 0 Å². The lowest BCUT2D eigenvalue weighted by Gasteiger charge is -2.18. The Morgan fingerprint density at radius 1 is 0.481 bits per heavy atom. The minimum Gasteiger partial charge on any atom is -0.0999 e. The molecule has 27 heavy (non-hydrogen) atoms. The van der Waals surface area contributed by atoms with E-state index in [1.54, 1.807) is 0 Å². The molecule has 0 aliphatic heterocycles. The Bertz CT molecular complexity index is 272. The van der Waals surface area contributed by atoms with Crippen LogP contribution in [0.2, 0.25) is 0 Å². The highest BCUT2D eigenvalue weighted by Crippen LogP contribution is 2.26. The lowest BCUT2D eigenvalue weighted by Crippen LogP contribution is -2.02. The zero-order chi connectivity index (χ0) is 20.0. The van der Waals surface area contributed by atoms with E-state index >= 15 is 0 Å². The van der Waals surface area contributed by atoms with Crippen molar-refractivity contribution in [1.82, 2.24) is 0 Å². The Hall–Kier alpha value is -0.260. The molecule has 0 N–H and O–H groups in total. The van der Waals surface area contributed by atoms with E-state index in [0.717, 1.165) is 5.92 Å². The molecule has 0 aromatic rings. The maximum Gasteiger partial charge on any atom is -0.0320 e. The molecular formula is C27H54. The summed E-state index contributed by atoms with van der Waals surface area (Å²) in [5.41, 5.74) is 1.51. The fourth-order valence-corrected chi connectivity index (χ4v) is 4.17. The average Bonchev–Trinajstić information content (AvgIpc) is 2.68. The molecule has 0 saturated carbocycles. The van der Waals surface area contributed by atoms with Gasteiger partial charge in [0.05, 0.1) is 0 Å². The number of hydrogen-bond acceptors (Lipinski definition) is 0. The van der Waals surface area contributed by atoms with Gasteiger partial charge in [-0.2, -0.15) is 0 Å². The van der Waals surface area contributed by atoms with E-state index in [0.29, 0.717) is 0 Å². The molecule has 0 aromatic carbocycles. The van der Waals surface area contributed by atoms with E-state index in [1.807, 2.05) is 0 Å². The summed E-state index contributed by atoms with van der Waals surface area (Å²) >= 11 is 0. The average molecular weight is 379 g/mol. The van der Waals surface area contributed by atoms with Crippen molar-refractivity contribution in [1.29, 1.82) is 0 Å². The van der Waals surface area contributed by atoms with Crippen molar-refractivity contribution in [3.8, 4) is 0 Å². The summed E-state index contributed by atoms with van der Waals surface area (Å²) in [6.07, 6.45) is 29.8. The van der Waals surface area contributed by atoms with Crippen LogP contribution < -0.4 is 0 Å². The topological polar surface area (TPSA) is 0 Å². The smallest absolute Gasteiger partial charge is 0.0320 e. The minimum absolute atomic E-state index is 0.967. The van der Waals surface area contributed by atoms with Gasteiger partial charge in [0.15, 0.2) is 0 Å². The van der Waals surface area contributed by atoms with E-state index < -0.39 is 0 Å². The Morgan fingerprint density at radius 2 is 0.889 bits per heavy atom. The SMILES string of the molecule is C=C(CCCC)CCC(CCCCCCCCC)CCCCCCCCC. The summed E-state index contributed by atoms with van der Waals surface area (Å²) in [6, 6.07) is 0. The molecule has 0 bridgehead atoms. The molecule has 0 atom stereocenters. The molecule has 0 spiro atoms. The summed E-state index contributed by atoms with van der Waals surface area (Å²) in [5.74, 6) is 0.967. The first-order valence-corrected chi connectivity index (χ1v) is 12.9. The van der Waals surface area contributed by atoms with Crippen molar-refractivity contribution in [3.05, 3.63) is 12.2 Å². The molecular weight excluding hydrogens is 324 g/mol. The van der Waals surface area contributed by atoms with Crippen LogP contribution in [0, 0.1) is 5.92 Å². The van der Waals surface area contributed by atoms with Crippen LogP contribution in [0.4, 0.5) is 0 Å². The van der Waals surface area contributed by atoms with Gasteiger partial charge in [-0.1, -0.05) is 142 Å². The fraction of sp³-hybridized carbons (Fsp3) is 0.926. The van der Waals surface area contributed by atoms with Crippen molar-refractivity contribution >= 4 is 0 Å². The van der Waals surface area contributed by atoms with Gasteiger partial charge in [0, 0.05) is 0 Å². The number of unbranched alkanes of at least 4 members (excludes halogenated alkanes) is 13. The highest BCUT2D eigenvalue weighted by Gasteiger charge is 2.09. The van der Waals surface area contributed by atoms with Gasteiger partial charge in [-0.05, 0) is 31.6 Å². The third-order valence-corrected chi connectivity index (χ3v) is 6.22. The second-order valence-corrected chi connectivity index (χ2v) is 9.08. The second-order valence-electron chi connectivity index (χ2n) is 9.08. The lowest BCUT2D eigenvalue weighted by molar-refractivity contribution is 0.378. The fourth-order valence-electron chi connectivity index (χ4n) is 4.17. The molecule has 0 unspecified atom stereocenters. The van der Waals surface area contributed by atoms with Crippen LogP contribution in [0.1, 0.15) is 156 Å². The zero-order valence-corrected chi connectivity index (χ0v) is 19.6. The molecule has 0 aromatic heterocycles. The Balaban J connectivity index is 3.93. The van der Waals surface area contributed by atoms with Crippen molar-refractivity contribution < 1.29 is 0 Å². The molecule has 0 radical (unpaired) electrons. The third-order valence-electron chi connectivity index (χ3n) is 6.22. The van der Waals surface area contributed by atoms with Crippen molar-refractivity contribution in [3.63, 3.8) is 0 Å². The molecule has 0 fully saturated rings. The monoisotopic (exact) mass is 378 g/mol. The summed E-state index contributed by atoms with van der Waals surface area (Å²) in [4.78, 5) is 0. The first kappa shape index (κ1) is 26.7. The van der Waals surface area contributed by atoms with E-state index in [4.69, 9.17) is 0 Å². The summed E-state index contributed by atoms with van der Waals surface area (Å²) < 4.78 is 0. The zero-order valence-electron chi connectivity index (χ0n) is 19.6. The molecule has 0 aliphatic rings. The van der Waals surface area contributed by atoms with E-state index in [1.165, 1.54) is 140 Å². The summed E-state index contributed by atoms with van der Waals surface area (Å²) in [6.45, 7) is 11.2. The summed E-state index contributed by atoms with van der Waals surface area (Å²) in [7, 11) is 0. The highest BCUT2D eigenvalue weighted by molar-refractivity contribution is 4.94. The minimum atomic E-state index is 0.967. The molecule has 0 saturated heterocycles.